The number of rotatable bonds is 4. The Bertz CT molecular complexity index is 255. The van der Waals surface area contributed by atoms with Crippen LogP contribution in [-0.2, 0) is 9.36 Å². The van der Waals surface area contributed by atoms with Crippen LogP contribution in [0.5, 0.6) is 0 Å². The molecule has 1 amide bonds. The first kappa shape index (κ1) is 12.4. The molecule has 0 aromatic rings. The normalized spacial score (nSPS) is 12.3. The van der Waals surface area contributed by atoms with Crippen LogP contribution in [0.4, 0.5) is 0 Å². The molecule has 13 heavy (non-hydrogen) atoms. The lowest BCUT2D eigenvalue weighted by Gasteiger charge is -2.25. The van der Waals surface area contributed by atoms with Crippen LogP contribution in [0.25, 0.3) is 0 Å². The van der Waals surface area contributed by atoms with Crippen LogP contribution in [0.1, 0.15) is 13.8 Å². The van der Waals surface area contributed by atoms with E-state index in [1.54, 1.807) is 0 Å². The van der Waals surface area contributed by atoms with E-state index in [1.807, 2.05) is 0 Å². The first-order valence-corrected chi connectivity index (χ1v) is 5.45. The molecule has 0 spiro atoms. The van der Waals surface area contributed by atoms with Crippen LogP contribution in [0.3, 0.4) is 0 Å². The summed E-state index contributed by atoms with van der Waals surface area (Å²) in [5, 5.41) is 2.41. The molecule has 76 valence electrons. The largest absolute Gasteiger partial charge is 0.347 e. The molecule has 0 heterocycles. The monoisotopic (exact) mass is 207 g/mol. The molecular weight excluding hydrogens is 193 g/mol. The quantitative estimate of drug-likeness (QED) is 0.455. The van der Waals surface area contributed by atoms with Gasteiger partial charge in [0.15, 0.2) is 0 Å². The van der Waals surface area contributed by atoms with E-state index in [0.717, 1.165) is 6.08 Å². The van der Waals surface area contributed by atoms with Gasteiger partial charge in [0, 0.05) is 5.54 Å². The molecular formula is C7H14NO4P. The summed E-state index contributed by atoms with van der Waals surface area (Å²) < 4.78 is 10.6. The molecule has 6 heteroatoms. The van der Waals surface area contributed by atoms with Gasteiger partial charge in [-0.05, 0) is 19.9 Å². The topological polar surface area (TPSA) is 86.6 Å². The second-order valence-electron chi connectivity index (χ2n) is 3.40. The smallest absolute Gasteiger partial charge is 0.327 e. The minimum Gasteiger partial charge on any atom is -0.347 e. The summed E-state index contributed by atoms with van der Waals surface area (Å²) in [5.74, 6) is -0.446. The van der Waals surface area contributed by atoms with Gasteiger partial charge < -0.3 is 15.1 Å². The molecule has 0 fully saturated rings. The predicted octanol–water partition coefficient (Wildman–Crippen LogP) is 0.245. The van der Waals surface area contributed by atoms with Gasteiger partial charge in [-0.25, -0.2) is 0 Å². The van der Waals surface area contributed by atoms with Gasteiger partial charge >= 0.3 is 7.60 Å². The van der Waals surface area contributed by atoms with Crippen molar-refractivity contribution >= 4 is 13.5 Å². The Morgan fingerprint density at radius 2 is 2.08 bits per heavy atom. The molecule has 0 saturated carbocycles. The fraction of sp³-hybridized carbons (Fsp3) is 0.571. The van der Waals surface area contributed by atoms with E-state index in [1.165, 1.54) is 13.8 Å². The highest BCUT2D eigenvalue weighted by Crippen LogP contribution is 2.37. The van der Waals surface area contributed by atoms with Crippen LogP contribution in [0.15, 0.2) is 12.7 Å². The highest BCUT2D eigenvalue weighted by atomic mass is 31.2. The standard InChI is InChI=1S/C7H14NO4P/c1-4-6(9)8-7(2,3)5-13(10,11)12/h4H,1,5H2,2-3H3,(H,8,9)(H2,10,11,12). The van der Waals surface area contributed by atoms with Crippen molar-refractivity contribution in [2.75, 3.05) is 6.16 Å². The van der Waals surface area contributed by atoms with Gasteiger partial charge in [-0.2, -0.15) is 0 Å². The molecule has 0 radical (unpaired) electrons. The average Bonchev–Trinajstić information content (AvgIpc) is 1.80. The molecule has 0 aromatic heterocycles. The Hall–Kier alpha value is -0.640. The number of nitrogens with one attached hydrogen (secondary N) is 1. The van der Waals surface area contributed by atoms with Crippen LogP contribution >= 0.6 is 7.60 Å². The Labute approximate surface area is 77.0 Å². The van der Waals surface area contributed by atoms with Gasteiger partial charge in [0.25, 0.3) is 0 Å². The molecule has 0 rings (SSSR count). The highest BCUT2D eigenvalue weighted by Gasteiger charge is 2.28. The maximum Gasteiger partial charge on any atom is 0.327 e. The summed E-state index contributed by atoms with van der Waals surface area (Å²) in [4.78, 5) is 28.2. The van der Waals surface area contributed by atoms with E-state index in [0.29, 0.717) is 0 Å². The van der Waals surface area contributed by atoms with Crippen molar-refractivity contribution in [3.63, 3.8) is 0 Å². The molecule has 0 aromatic carbocycles. The minimum atomic E-state index is -4.10. The fourth-order valence-electron chi connectivity index (χ4n) is 0.939. The summed E-state index contributed by atoms with van der Waals surface area (Å²) in [6, 6.07) is 0. The summed E-state index contributed by atoms with van der Waals surface area (Å²) >= 11 is 0. The zero-order chi connectivity index (χ0) is 10.7. The van der Waals surface area contributed by atoms with Crippen molar-refractivity contribution in [3.8, 4) is 0 Å². The molecule has 0 aliphatic rings. The molecule has 0 bridgehead atoms. The molecule has 5 nitrogen and oxygen atoms in total. The second-order valence-corrected chi connectivity index (χ2v) is 5.05. The SMILES string of the molecule is C=CC(=O)NC(C)(C)CP(=O)(O)O. The lowest BCUT2D eigenvalue weighted by Crippen LogP contribution is -2.45. The van der Waals surface area contributed by atoms with Gasteiger partial charge in [0.1, 0.15) is 0 Å². The lowest BCUT2D eigenvalue weighted by atomic mass is 10.1. The second kappa shape index (κ2) is 4.05. The third-order valence-corrected chi connectivity index (χ3v) is 2.45. The third-order valence-electron chi connectivity index (χ3n) is 1.25. The van der Waals surface area contributed by atoms with Crippen molar-refractivity contribution in [1.82, 2.24) is 5.32 Å². The van der Waals surface area contributed by atoms with Crippen LogP contribution in [0, 0.1) is 0 Å². The first-order valence-electron chi connectivity index (χ1n) is 3.65. The van der Waals surface area contributed by atoms with Crippen LogP contribution < -0.4 is 5.32 Å². The van der Waals surface area contributed by atoms with Crippen molar-refractivity contribution in [2.45, 2.75) is 19.4 Å². The summed E-state index contributed by atoms with van der Waals surface area (Å²) in [6.45, 7) is 6.31. The van der Waals surface area contributed by atoms with Crippen molar-refractivity contribution < 1.29 is 19.1 Å². The number of carbonyl (C=O) groups excluding carboxylic acids is 1. The Morgan fingerprint density at radius 1 is 1.62 bits per heavy atom. The third kappa shape index (κ3) is 6.51. The van der Waals surface area contributed by atoms with Gasteiger partial charge in [-0.1, -0.05) is 6.58 Å². The Kier molecular flexibility index (Phi) is 3.85. The van der Waals surface area contributed by atoms with Gasteiger partial charge in [-0.15, -0.1) is 0 Å². The van der Waals surface area contributed by atoms with Gasteiger partial charge in [-0.3, -0.25) is 9.36 Å². The van der Waals surface area contributed by atoms with Gasteiger partial charge in [0.2, 0.25) is 5.91 Å². The van der Waals surface area contributed by atoms with E-state index >= 15 is 0 Å². The Balaban J connectivity index is 4.32. The van der Waals surface area contributed by atoms with Crippen LogP contribution in [0.2, 0.25) is 0 Å². The predicted molar refractivity (Wildman–Crippen MR) is 49.3 cm³/mol. The lowest BCUT2D eigenvalue weighted by molar-refractivity contribution is -0.117. The zero-order valence-electron chi connectivity index (χ0n) is 7.65. The van der Waals surface area contributed by atoms with E-state index < -0.39 is 19.0 Å². The number of amides is 1. The highest BCUT2D eigenvalue weighted by molar-refractivity contribution is 7.51. The zero-order valence-corrected chi connectivity index (χ0v) is 8.54. The molecule has 0 aliphatic heterocycles. The van der Waals surface area contributed by atoms with E-state index in [4.69, 9.17) is 9.79 Å². The summed E-state index contributed by atoms with van der Waals surface area (Å²) in [5.41, 5.74) is -0.926. The van der Waals surface area contributed by atoms with E-state index in [2.05, 4.69) is 11.9 Å². The van der Waals surface area contributed by atoms with E-state index in [9.17, 15) is 9.36 Å². The first-order chi connectivity index (χ1) is 5.66. The molecule has 0 saturated heterocycles. The van der Waals surface area contributed by atoms with Gasteiger partial charge in [0.05, 0.1) is 6.16 Å². The minimum absolute atomic E-state index is 0.389. The van der Waals surface area contributed by atoms with Crippen molar-refractivity contribution in [3.05, 3.63) is 12.7 Å². The molecule has 0 unspecified atom stereocenters. The van der Waals surface area contributed by atoms with Crippen LogP contribution in [-0.4, -0.2) is 27.4 Å². The summed E-state index contributed by atoms with van der Waals surface area (Å²) in [7, 11) is -4.10. The maximum atomic E-state index is 10.8. The number of hydrogen-bond donors (Lipinski definition) is 3. The fourth-order valence-corrected chi connectivity index (χ4v) is 2.05. The number of hydrogen-bond acceptors (Lipinski definition) is 2. The molecule has 0 aliphatic carbocycles. The molecule has 3 N–H and O–H groups in total. The summed E-state index contributed by atoms with van der Waals surface area (Å²) in [6.07, 6.45) is 0.668. The molecule has 0 atom stereocenters. The van der Waals surface area contributed by atoms with E-state index in [-0.39, 0.29) is 6.16 Å². The average molecular weight is 207 g/mol. The van der Waals surface area contributed by atoms with Crippen molar-refractivity contribution in [2.24, 2.45) is 0 Å². The van der Waals surface area contributed by atoms with Crippen molar-refractivity contribution in [1.29, 1.82) is 0 Å². The number of carbonyl (C=O) groups is 1. The maximum absolute atomic E-state index is 10.8. The Morgan fingerprint density at radius 3 is 2.38 bits per heavy atom.